The third-order valence-corrected chi connectivity index (χ3v) is 7.83. The highest BCUT2D eigenvalue weighted by Gasteiger charge is 2.23. The first kappa shape index (κ1) is 32.5. The van der Waals surface area contributed by atoms with Crippen LogP contribution in [0.3, 0.4) is 0 Å². The van der Waals surface area contributed by atoms with Crippen molar-refractivity contribution in [3.63, 3.8) is 0 Å². The summed E-state index contributed by atoms with van der Waals surface area (Å²) >= 11 is 0. The van der Waals surface area contributed by atoms with Gasteiger partial charge in [0, 0.05) is 18.4 Å². The Morgan fingerprint density at radius 1 is 0.913 bits per heavy atom. The van der Waals surface area contributed by atoms with Crippen LogP contribution in [0, 0.1) is 19.7 Å². The smallest absolute Gasteiger partial charge is 0.262 e. The Balaban J connectivity index is 1.43. The lowest BCUT2D eigenvalue weighted by Crippen LogP contribution is -2.31. The number of nitrogens with zero attached hydrogens (tertiary/aromatic N) is 3. The summed E-state index contributed by atoms with van der Waals surface area (Å²) in [7, 11) is 3.00. The Hall–Kier alpha value is -4.90. The van der Waals surface area contributed by atoms with E-state index in [1.165, 1.54) is 45.7 Å². The number of carbonyl (C=O) groups excluding carboxylic acids is 1. The number of halogens is 1. The Labute approximate surface area is 268 Å². The molecule has 0 unspecified atom stereocenters. The number of amides is 1. The van der Waals surface area contributed by atoms with Crippen LogP contribution in [0.2, 0.25) is 0 Å². The number of aromatic nitrogens is 2. The second-order valence-corrected chi connectivity index (χ2v) is 11.1. The maximum Gasteiger partial charge on any atom is 0.262 e. The zero-order valence-corrected chi connectivity index (χ0v) is 26.7. The second kappa shape index (κ2) is 15.4. The number of para-hydroxylation sites is 3. The third-order valence-electron chi connectivity index (χ3n) is 7.83. The van der Waals surface area contributed by atoms with E-state index < -0.39 is 11.7 Å². The van der Waals surface area contributed by atoms with Crippen molar-refractivity contribution in [2.45, 2.75) is 39.5 Å². The van der Waals surface area contributed by atoms with Crippen molar-refractivity contribution in [3.05, 3.63) is 83.3 Å². The highest BCUT2D eigenvalue weighted by Crippen LogP contribution is 2.41. The fourth-order valence-corrected chi connectivity index (χ4v) is 5.39. The van der Waals surface area contributed by atoms with Crippen molar-refractivity contribution in [1.82, 2.24) is 14.9 Å². The molecule has 46 heavy (non-hydrogen) atoms. The number of aryl methyl sites for hydroxylation is 2. The van der Waals surface area contributed by atoms with Gasteiger partial charge in [0.1, 0.15) is 5.56 Å². The Kier molecular flexibility index (Phi) is 10.9. The lowest BCUT2D eigenvalue weighted by Gasteiger charge is -2.26. The van der Waals surface area contributed by atoms with E-state index in [0.717, 1.165) is 37.2 Å². The minimum absolute atomic E-state index is 0.0644. The molecule has 1 aliphatic heterocycles. The fraction of sp³-hybridized carbons (Fsp3) is 0.343. The summed E-state index contributed by atoms with van der Waals surface area (Å²) < 4.78 is 38.1. The van der Waals surface area contributed by atoms with E-state index in [2.05, 4.69) is 25.5 Å². The molecular weight excluding hydrogens is 589 g/mol. The molecular formula is C35H40FN5O5. The van der Waals surface area contributed by atoms with E-state index in [-0.39, 0.29) is 28.9 Å². The van der Waals surface area contributed by atoms with Gasteiger partial charge >= 0.3 is 0 Å². The van der Waals surface area contributed by atoms with Gasteiger partial charge in [-0.1, -0.05) is 36.8 Å². The minimum Gasteiger partial charge on any atom is -0.493 e. The normalized spacial score (nSPS) is 13.2. The lowest BCUT2D eigenvalue weighted by molar-refractivity contribution is 0.102. The predicted octanol–water partition coefficient (Wildman–Crippen LogP) is 7.29. The largest absolute Gasteiger partial charge is 0.493 e. The number of nitrogens with one attached hydrogen (secondary N) is 2. The van der Waals surface area contributed by atoms with Gasteiger partial charge < -0.3 is 34.5 Å². The average molecular weight is 630 g/mol. The number of methoxy groups -OCH3 is 2. The summed E-state index contributed by atoms with van der Waals surface area (Å²) in [6.07, 6.45) is 5.82. The first-order valence-electron chi connectivity index (χ1n) is 15.4. The Bertz CT molecular complexity index is 1620. The Morgan fingerprint density at radius 2 is 1.59 bits per heavy atom. The highest BCUT2D eigenvalue weighted by molar-refractivity contribution is 6.06. The zero-order valence-electron chi connectivity index (χ0n) is 26.7. The van der Waals surface area contributed by atoms with Crippen LogP contribution < -0.4 is 29.6 Å². The maximum atomic E-state index is 15.0. The molecule has 11 heteroatoms. The molecule has 1 fully saturated rings. The first-order chi connectivity index (χ1) is 22.4. The number of rotatable bonds is 13. The molecule has 1 aromatic heterocycles. The third kappa shape index (κ3) is 7.84. The predicted molar refractivity (Wildman–Crippen MR) is 176 cm³/mol. The number of hydrogen-bond acceptors (Lipinski definition) is 9. The average Bonchev–Trinajstić information content (AvgIpc) is 3.06. The van der Waals surface area contributed by atoms with Crippen molar-refractivity contribution >= 4 is 23.2 Å². The molecule has 5 rings (SSSR count). The van der Waals surface area contributed by atoms with Gasteiger partial charge in [-0.05, 0) is 81.6 Å². The van der Waals surface area contributed by atoms with Crippen LogP contribution in [0.5, 0.6) is 28.9 Å². The van der Waals surface area contributed by atoms with Gasteiger partial charge in [-0.25, -0.2) is 9.37 Å². The van der Waals surface area contributed by atoms with Crippen LogP contribution in [0.4, 0.5) is 21.7 Å². The zero-order chi connectivity index (χ0) is 32.5. The molecule has 4 aromatic rings. The van der Waals surface area contributed by atoms with Crippen molar-refractivity contribution in [1.29, 1.82) is 0 Å². The molecule has 242 valence electrons. The van der Waals surface area contributed by atoms with E-state index in [1.807, 2.05) is 32.0 Å². The topological polar surface area (TPSA) is 107 Å². The van der Waals surface area contributed by atoms with Crippen LogP contribution in [0.1, 0.15) is 47.2 Å². The highest BCUT2D eigenvalue weighted by atomic mass is 19.1. The second-order valence-electron chi connectivity index (χ2n) is 11.1. The summed E-state index contributed by atoms with van der Waals surface area (Å²) in [6, 6.07) is 15.5. The maximum absolute atomic E-state index is 15.0. The van der Waals surface area contributed by atoms with E-state index in [0.29, 0.717) is 29.5 Å². The molecule has 2 N–H and O–H groups in total. The molecule has 1 aliphatic rings. The SMILES string of the molecule is COc1cccc(OC)c1Oc1nc(Nc2cccc(F)c2OCCCN2CCCCC2)ncc1C(=O)Nc1c(C)cccc1C. The number of ether oxygens (including phenoxy) is 4. The molecule has 10 nitrogen and oxygen atoms in total. The molecule has 0 aliphatic carbocycles. The molecule has 0 atom stereocenters. The summed E-state index contributed by atoms with van der Waals surface area (Å²) in [5.74, 6) is 0.0508. The van der Waals surface area contributed by atoms with E-state index in [4.69, 9.17) is 18.9 Å². The van der Waals surface area contributed by atoms with Gasteiger partial charge in [-0.15, -0.1) is 0 Å². The summed E-state index contributed by atoms with van der Waals surface area (Å²) in [6.45, 7) is 7.26. The minimum atomic E-state index is -0.511. The van der Waals surface area contributed by atoms with Gasteiger partial charge in [-0.2, -0.15) is 4.98 Å². The van der Waals surface area contributed by atoms with Crippen molar-refractivity contribution < 1.29 is 28.1 Å². The molecule has 0 saturated carbocycles. The van der Waals surface area contributed by atoms with Gasteiger partial charge in [-0.3, -0.25) is 4.79 Å². The van der Waals surface area contributed by atoms with Crippen LogP contribution in [-0.2, 0) is 0 Å². The number of carbonyl (C=O) groups is 1. The number of likely N-dealkylation sites (tertiary alicyclic amines) is 1. The van der Waals surface area contributed by atoms with E-state index in [1.54, 1.807) is 30.3 Å². The van der Waals surface area contributed by atoms with E-state index >= 15 is 0 Å². The Morgan fingerprint density at radius 3 is 2.28 bits per heavy atom. The molecule has 3 aromatic carbocycles. The summed E-state index contributed by atoms with van der Waals surface area (Å²) in [4.78, 5) is 25.0. The molecule has 1 amide bonds. The van der Waals surface area contributed by atoms with Crippen LogP contribution in [0.25, 0.3) is 0 Å². The number of anilines is 3. The van der Waals surface area contributed by atoms with Gasteiger partial charge in [0.05, 0.1) is 26.5 Å². The molecule has 0 radical (unpaired) electrons. The number of benzene rings is 3. The quantitative estimate of drug-likeness (QED) is 0.147. The van der Waals surface area contributed by atoms with Crippen molar-refractivity contribution in [3.8, 4) is 28.9 Å². The van der Waals surface area contributed by atoms with Gasteiger partial charge in [0.15, 0.2) is 23.1 Å². The number of hydrogen-bond donors (Lipinski definition) is 2. The van der Waals surface area contributed by atoms with Gasteiger partial charge in [0.25, 0.3) is 5.91 Å². The van der Waals surface area contributed by atoms with Crippen molar-refractivity contribution in [2.75, 3.05) is 51.1 Å². The number of piperidine rings is 1. The summed E-state index contributed by atoms with van der Waals surface area (Å²) in [5, 5.41) is 6.01. The van der Waals surface area contributed by atoms with Crippen LogP contribution in [-0.4, -0.2) is 61.2 Å². The fourth-order valence-electron chi connectivity index (χ4n) is 5.39. The van der Waals surface area contributed by atoms with Crippen LogP contribution in [0.15, 0.2) is 60.8 Å². The summed E-state index contributed by atoms with van der Waals surface area (Å²) in [5.41, 5.74) is 2.88. The molecule has 2 heterocycles. The first-order valence-corrected chi connectivity index (χ1v) is 15.4. The lowest BCUT2D eigenvalue weighted by atomic mass is 10.1. The van der Waals surface area contributed by atoms with Gasteiger partial charge in [0.2, 0.25) is 17.6 Å². The molecule has 0 spiro atoms. The van der Waals surface area contributed by atoms with Crippen molar-refractivity contribution in [2.24, 2.45) is 0 Å². The molecule has 1 saturated heterocycles. The van der Waals surface area contributed by atoms with Crippen LogP contribution >= 0.6 is 0 Å². The van der Waals surface area contributed by atoms with E-state index in [9.17, 15) is 9.18 Å². The molecule has 0 bridgehead atoms. The monoisotopic (exact) mass is 629 g/mol. The standard InChI is InChI=1S/C35H40FN5O5/c1-23-12-8-13-24(2)30(23)39-33(42)25-22-37-35(40-34(25)46-32-28(43-3)16-10-17-29(32)44-4)38-27-15-9-14-26(36)31(27)45-21-11-20-41-18-6-5-7-19-41/h8-10,12-17,22H,5-7,11,18-21H2,1-4H3,(H,39,42)(H,37,38,40).